The molecule has 0 saturated carbocycles. The standard InChI is InChI=1S/C17H20FNO2S2/c1-13-10-12-22-17(13)16-5-3-2-4-11-19(16)23(20,21)15-8-6-14(18)7-9-15/h6-10,12,16H,2-5,11H2,1H3. The fourth-order valence-corrected chi connectivity index (χ4v) is 5.91. The summed E-state index contributed by atoms with van der Waals surface area (Å²) >= 11 is 1.62. The summed E-state index contributed by atoms with van der Waals surface area (Å²) < 4.78 is 40.9. The van der Waals surface area contributed by atoms with Crippen LogP contribution in [0.2, 0.25) is 0 Å². The third kappa shape index (κ3) is 3.34. The molecule has 1 saturated heterocycles. The Labute approximate surface area is 140 Å². The zero-order valence-electron chi connectivity index (χ0n) is 13.0. The monoisotopic (exact) mass is 353 g/mol. The molecule has 1 fully saturated rings. The smallest absolute Gasteiger partial charge is 0.207 e. The van der Waals surface area contributed by atoms with Crippen LogP contribution >= 0.6 is 11.3 Å². The van der Waals surface area contributed by atoms with Gasteiger partial charge in [-0.1, -0.05) is 12.8 Å². The van der Waals surface area contributed by atoms with Crippen LogP contribution < -0.4 is 0 Å². The lowest BCUT2D eigenvalue weighted by atomic mass is 10.1. The minimum Gasteiger partial charge on any atom is -0.207 e. The van der Waals surface area contributed by atoms with Crippen molar-refractivity contribution < 1.29 is 12.8 Å². The van der Waals surface area contributed by atoms with Crippen molar-refractivity contribution in [1.29, 1.82) is 0 Å². The molecule has 2 heterocycles. The van der Waals surface area contributed by atoms with E-state index in [2.05, 4.69) is 0 Å². The molecule has 6 heteroatoms. The lowest BCUT2D eigenvalue weighted by Crippen LogP contribution is -2.34. The Morgan fingerprint density at radius 3 is 2.52 bits per heavy atom. The molecule has 124 valence electrons. The molecule has 1 unspecified atom stereocenters. The Morgan fingerprint density at radius 1 is 1.13 bits per heavy atom. The molecule has 0 aliphatic carbocycles. The van der Waals surface area contributed by atoms with Crippen LogP contribution in [-0.2, 0) is 10.0 Å². The second-order valence-corrected chi connectivity index (χ2v) is 8.74. The minimum absolute atomic E-state index is 0.118. The average Bonchev–Trinajstić information content (AvgIpc) is 2.80. The summed E-state index contributed by atoms with van der Waals surface area (Å²) in [7, 11) is -3.62. The molecule has 23 heavy (non-hydrogen) atoms. The van der Waals surface area contributed by atoms with Crippen LogP contribution in [0.1, 0.15) is 42.2 Å². The Bertz CT molecular complexity index is 768. The molecule has 0 N–H and O–H groups in total. The van der Waals surface area contributed by atoms with Gasteiger partial charge in [0.25, 0.3) is 0 Å². The molecule has 3 rings (SSSR count). The maximum absolute atomic E-state index is 13.1. The van der Waals surface area contributed by atoms with Gasteiger partial charge in [-0.15, -0.1) is 11.3 Å². The first-order valence-electron chi connectivity index (χ1n) is 7.81. The highest BCUT2D eigenvalue weighted by Gasteiger charge is 2.34. The van der Waals surface area contributed by atoms with Gasteiger partial charge in [0, 0.05) is 11.4 Å². The van der Waals surface area contributed by atoms with Gasteiger partial charge >= 0.3 is 0 Å². The molecule has 2 aromatic rings. The van der Waals surface area contributed by atoms with Crippen LogP contribution in [0.15, 0.2) is 40.6 Å². The number of hydrogen-bond acceptors (Lipinski definition) is 3. The number of nitrogens with zero attached hydrogens (tertiary/aromatic N) is 1. The molecule has 0 amide bonds. The quantitative estimate of drug-likeness (QED) is 0.814. The Morgan fingerprint density at radius 2 is 1.87 bits per heavy atom. The number of hydrogen-bond donors (Lipinski definition) is 0. The van der Waals surface area contributed by atoms with Crippen molar-refractivity contribution in [2.45, 2.75) is 43.5 Å². The van der Waals surface area contributed by atoms with Gasteiger partial charge < -0.3 is 0 Å². The van der Waals surface area contributed by atoms with Crippen molar-refractivity contribution in [2.75, 3.05) is 6.54 Å². The summed E-state index contributed by atoms with van der Waals surface area (Å²) in [5, 5.41) is 2.01. The Hall–Kier alpha value is -1.24. The maximum Gasteiger partial charge on any atom is 0.243 e. The zero-order valence-corrected chi connectivity index (χ0v) is 14.7. The fourth-order valence-electron chi connectivity index (χ4n) is 3.10. The van der Waals surface area contributed by atoms with Crippen LogP contribution in [0.4, 0.5) is 4.39 Å². The fraction of sp³-hybridized carbons (Fsp3) is 0.412. The zero-order chi connectivity index (χ0) is 16.4. The van der Waals surface area contributed by atoms with Crippen molar-refractivity contribution in [2.24, 2.45) is 0 Å². The van der Waals surface area contributed by atoms with E-state index >= 15 is 0 Å². The first-order chi connectivity index (χ1) is 11.0. The summed E-state index contributed by atoms with van der Waals surface area (Å²) in [6.07, 6.45) is 3.76. The van der Waals surface area contributed by atoms with Crippen molar-refractivity contribution in [3.05, 3.63) is 52.0 Å². The van der Waals surface area contributed by atoms with E-state index in [0.29, 0.717) is 6.54 Å². The number of halogens is 1. The molecular weight excluding hydrogens is 333 g/mol. The summed E-state index contributed by atoms with van der Waals surface area (Å²) in [6.45, 7) is 2.54. The second kappa shape index (κ2) is 6.71. The normalized spacial score (nSPS) is 20.3. The lowest BCUT2D eigenvalue weighted by Gasteiger charge is -2.29. The first-order valence-corrected chi connectivity index (χ1v) is 10.1. The van der Waals surface area contributed by atoms with E-state index in [-0.39, 0.29) is 10.9 Å². The lowest BCUT2D eigenvalue weighted by molar-refractivity contribution is 0.332. The van der Waals surface area contributed by atoms with Crippen LogP contribution in [0.3, 0.4) is 0 Å². The van der Waals surface area contributed by atoms with E-state index < -0.39 is 15.8 Å². The van der Waals surface area contributed by atoms with Crippen LogP contribution in [0.25, 0.3) is 0 Å². The second-order valence-electron chi connectivity index (χ2n) is 5.90. The third-order valence-corrected chi connectivity index (χ3v) is 7.37. The van der Waals surface area contributed by atoms with E-state index in [1.54, 1.807) is 15.6 Å². The molecule has 3 nitrogen and oxygen atoms in total. The van der Waals surface area contributed by atoms with Gasteiger partial charge in [0.1, 0.15) is 5.82 Å². The topological polar surface area (TPSA) is 37.4 Å². The van der Waals surface area contributed by atoms with Gasteiger partial charge in [0.05, 0.1) is 10.9 Å². The van der Waals surface area contributed by atoms with E-state index in [0.717, 1.165) is 36.1 Å². The predicted molar refractivity (Wildman–Crippen MR) is 90.6 cm³/mol. The van der Waals surface area contributed by atoms with Crippen molar-refractivity contribution in [3.8, 4) is 0 Å². The van der Waals surface area contributed by atoms with Gasteiger partial charge in [-0.2, -0.15) is 4.31 Å². The number of benzene rings is 1. The highest BCUT2D eigenvalue weighted by Crippen LogP contribution is 2.38. The van der Waals surface area contributed by atoms with Gasteiger partial charge in [0.15, 0.2) is 0 Å². The van der Waals surface area contributed by atoms with E-state index in [1.807, 2.05) is 18.4 Å². The number of sulfonamides is 1. The summed E-state index contributed by atoms with van der Waals surface area (Å²) in [6, 6.07) is 7.04. The summed E-state index contributed by atoms with van der Waals surface area (Å²) in [5.41, 5.74) is 1.14. The summed E-state index contributed by atoms with van der Waals surface area (Å²) in [4.78, 5) is 1.29. The van der Waals surface area contributed by atoms with Gasteiger partial charge in [-0.25, -0.2) is 12.8 Å². The SMILES string of the molecule is Cc1ccsc1C1CCCCCN1S(=O)(=O)c1ccc(F)cc1. The molecule has 1 aromatic heterocycles. The minimum atomic E-state index is -3.62. The summed E-state index contributed by atoms with van der Waals surface area (Å²) in [5.74, 6) is -0.425. The van der Waals surface area contributed by atoms with Gasteiger partial charge in [-0.3, -0.25) is 0 Å². The molecule has 1 atom stereocenters. The van der Waals surface area contributed by atoms with Crippen LogP contribution in [0.5, 0.6) is 0 Å². The van der Waals surface area contributed by atoms with Crippen molar-refractivity contribution >= 4 is 21.4 Å². The third-order valence-electron chi connectivity index (χ3n) is 4.33. The van der Waals surface area contributed by atoms with E-state index in [4.69, 9.17) is 0 Å². The molecule has 1 aliphatic rings. The van der Waals surface area contributed by atoms with Crippen molar-refractivity contribution in [1.82, 2.24) is 4.31 Å². The molecular formula is C17H20FNO2S2. The molecule has 1 aliphatic heterocycles. The molecule has 0 spiro atoms. The first kappa shape index (κ1) is 16.6. The van der Waals surface area contributed by atoms with Gasteiger partial charge in [0.2, 0.25) is 10.0 Å². The van der Waals surface area contributed by atoms with Gasteiger partial charge in [-0.05, 0) is 61.0 Å². The van der Waals surface area contributed by atoms with Crippen LogP contribution in [-0.4, -0.2) is 19.3 Å². The average molecular weight is 353 g/mol. The molecule has 0 radical (unpaired) electrons. The number of aryl methyl sites for hydroxylation is 1. The molecule has 1 aromatic carbocycles. The highest BCUT2D eigenvalue weighted by molar-refractivity contribution is 7.89. The van der Waals surface area contributed by atoms with Crippen molar-refractivity contribution in [3.63, 3.8) is 0 Å². The molecule has 0 bridgehead atoms. The largest absolute Gasteiger partial charge is 0.243 e. The van der Waals surface area contributed by atoms with E-state index in [9.17, 15) is 12.8 Å². The Kier molecular flexibility index (Phi) is 4.85. The number of thiophene rings is 1. The predicted octanol–water partition coefficient (Wildman–Crippen LogP) is 4.50. The Balaban J connectivity index is 2.02. The highest BCUT2D eigenvalue weighted by atomic mass is 32.2. The maximum atomic E-state index is 13.1. The van der Waals surface area contributed by atoms with E-state index in [1.165, 1.54) is 24.3 Å². The van der Waals surface area contributed by atoms with Crippen LogP contribution in [0, 0.1) is 12.7 Å². The number of rotatable bonds is 3.